The van der Waals surface area contributed by atoms with E-state index < -0.39 is 138 Å². The molecule has 1 aromatic rings. The van der Waals surface area contributed by atoms with Gasteiger partial charge in [0.05, 0.1) is 25.7 Å². The van der Waals surface area contributed by atoms with Crippen molar-refractivity contribution in [2.45, 2.75) is 194 Å². The molecule has 0 aromatic heterocycles. The summed E-state index contributed by atoms with van der Waals surface area (Å²) >= 11 is 0. The van der Waals surface area contributed by atoms with Crippen molar-refractivity contribution in [2.24, 2.45) is 23.7 Å². The van der Waals surface area contributed by atoms with Gasteiger partial charge in [-0.2, -0.15) is 0 Å². The smallest absolute Gasteiger partial charge is 0.329 e. The number of hydrogen-bond acceptors (Lipinski definition) is 14. The molecule has 0 bridgehead atoms. The number of carbonyl (C=O) groups excluding carboxylic acids is 9. The van der Waals surface area contributed by atoms with Crippen LogP contribution in [0.5, 0.6) is 5.75 Å². The van der Waals surface area contributed by atoms with E-state index in [-0.39, 0.29) is 57.0 Å². The quantitative estimate of drug-likeness (QED) is 0.158. The Morgan fingerprint density at radius 2 is 1.52 bits per heavy atom. The Labute approximate surface area is 442 Å². The van der Waals surface area contributed by atoms with E-state index in [2.05, 4.69) is 16.0 Å². The van der Waals surface area contributed by atoms with Crippen molar-refractivity contribution in [1.82, 2.24) is 35.6 Å². The molecular weight excluding hydrogens is 971 g/mol. The number of esters is 2. The Morgan fingerprint density at radius 1 is 0.880 bits per heavy atom. The Morgan fingerprint density at radius 3 is 2.09 bits per heavy atom. The number of benzene rings is 1. The van der Waals surface area contributed by atoms with E-state index in [9.17, 15) is 53.4 Å². The van der Waals surface area contributed by atoms with E-state index in [1.807, 2.05) is 27.7 Å². The zero-order valence-corrected chi connectivity index (χ0v) is 46.3. The van der Waals surface area contributed by atoms with Gasteiger partial charge in [-0.1, -0.05) is 73.9 Å². The van der Waals surface area contributed by atoms with Gasteiger partial charge >= 0.3 is 11.9 Å². The molecule has 2 unspecified atom stereocenters. The van der Waals surface area contributed by atoms with Gasteiger partial charge in [0.15, 0.2) is 6.10 Å². The number of hydrogen-bond donors (Lipinski definition) is 5. The van der Waals surface area contributed by atoms with E-state index >= 15 is 0 Å². The summed E-state index contributed by atoms with van der Waals surface area (Å²) in [6, 6.07) is -1.85. The van der Waals surface area contributed by atoms with Gasteiger partial charge in [-0.05, 0) is 93.7 Å². The largest absolute Gasteiger partial charge is 0.497 e. The molecule has 3 saturated heterocycles. The molecule has 21 nitrogen and oxygen atoms in total. The van der Waals surface area contributed by atoms with Crippen molar-refractivity contribution >= 4 is 53.3 Å². The van der Waals surface area contributed by atoms with E-state index in [4.69, 9.17) is 14.2 Å². The first kappa shape index (κ1) is 61.7. The maximum atomic E-state index is 14.9. The molecule has 75 heavy (non-hydrogen) atoms. The number of ether oxygens (including phenoxy) is 3. The molecule has 5 N–H and O–H groups in total. The number of carbonyl (C=O) groups is 9. The number of likely N-dealkylation sites (tertiary alicyclic amines) is 1. The molecule has 0 radical (unpaired) electrons. The van der Waals surface area contributed by atoms with Crippen LogP contribution in [-0.2, 0) is 59.0 Å². The van der Waals surface area contributed by atoms with Crippen molar-refractivity contribution in [3.8, 4) is 5.75 Å². The second-order valence-corrected chi connectivity index (χ2v) is 21.8. The summed E-state index contributed by atoms with van der Waals surface area (Å²) in [6.07, 6.45) is -4.56. The van der Waals surface area contributed by atoms with Gasteiger partial charge in [0, 0.05) is 33.6 Å². The lowest BCUT2D eigenvalue weighted by molar-refractivity contribution is -0.162. The Hall–Kier alpha value is -5.83. The van der Waals surface area contributed by atoms with Crippen molar-refractivity contribution in [2.75, 3.05) is 34.3 Å². The summed E-state index contributed by atoms with van der Waals surface area (Å²) < 4.78 is 17.2. The SMILES string of the molecule is CC[C@H](C)[C@H]1NC(=O)[C@@H](NC(=O)[C@@H](CC(C)C)N(C)C(=O)C2CCCN2C(=O)C(C)O)[C@@H](C)OC(=O)[C@H](Cc2ccc(OC)cc2)N(C)C(=O)[C@@H]2CCCN2C(=O)[C@H](CC(C)C)NC(=O)[C@H](C(C)C)OC(=O)C[C@@H]1O. The van der Waals surface area contributed by atoms with Crippen LogP contribution in [0.4, 0.5) is 0 Å². The molecule has 0 aliphatic carbocycles. The van der Waals surface area contributed by atoms with Crippen LogP contribution in [0.25, 0.3) is 0 Å². The molecule has 3 aliphatic heterocycles. The van der Waals surface area contributed by atoms with Crippen molar-refractivity contribution in [3.63, 3.8) is 0 Å². The van der Waals surface area contributed by atoms with E-state index in [1.165, 1.54) is 54.7 Å². The summed E-state index contributed by atoms with van der Waals surface area (Å²) in [6.45, 7) is 17.3. The third-order valence-corrected chi connectivity index (χ3v) is 14.6. The predicted octanol–water partition coefficient (Wildman–Crippen LogP) is 2.11. The van der Waals surface area contributed by atoms with Crippen molar-refractivity contribution in [3.05, 3.63) is 29.8 Å². The first-order valence-corrected chi connectivity index (χ1v) is 26.7. The van der Waals surface area contributed by atoms with Gasteiger partial charge in [0.2, 0.25) is 29.5 Å². The van der Waals surface area contributed by atoms with Crippen LogP contribution in [0.2, 0.25) is 0 Å². The first-order valence-electron chi connectivity index (χ1n) is 26.7. The topological polar surface area (TPSA) is 271 Å². The third-order valence-electron chi connectivity index (χ3n) is 14.6. The van der Waals surface area contributed by atoms with Crippen LogP contribution in [0.15, 0.2) is 24.3 Å². The lowest BCUT2D eigenvalue weighted by Crippen LogP contribution is -2.62. The number of nitrogens with zero attached hydrogens (tertiary/aromatic N) is 4. The molecule has 21 heteroatoms. The fraction of sp³-hybridized carbons (Fsp3) is 0.722. The Bertz CT molecular complexity index is 2170. The molecule has 4 rings (SSSR count). The number of methoxy groups -OCH3 is 1. The van der Waals surface area contributed by atoms with Gasteiger partial charge in [-0.25, -0.2) is 4.79 Å². The maximum Gasteiger partial charge on any atom is 0.329 e. The molecule has 1 aromatic carbocycles. The number of fused-ring (bicyclic) bond motifs is 1. The number of likely N-dealkylation sites (N-methyl/N-ethyl adjacent to an activating group) is 2. The van der Waals surface area contributed by atoms with Gasteiger partial charge in [-0.15, -0.1) is 0 Å². The lowest BCUT2D eigenvalue weighted by Gasteiger charge is -2.36. The van der Waals surface area contributed by atoms with E-state index in [0.717, 1.165) is 0 Å². The molecule has 3 heterocycles. The molecular formula is C54H85N7O14. The fourth-order valence-electron chi connectivity index (χ4n) is 10.1. The van der Waals surface area contributed by atoms with Crippen LogP contribution in [0, 0.1) is 23.7 Å². The number of rotatable bonds is 15. The van der Waals surface area contributed by atoms with E-state index in [0.29, 0.717) is 30.6 Å². The monoisotopic (exact) mass is 1060 g/mol. The fourth-order valence-corrected chi connectivity index (χ4v) is 10.1. The minimum atomic E-state index is -1.73. The third kappa shape index (κ3) is 16.1. The zero-order chi connectivity index (χ0) is 56.2. The first-order chi connectivity index (χ1) is 35.2. The molecule has 420 valence electrons. The molecule has 3 aliphatic rings. The number of aliphatic hydroxyl groups is 2. The van der Waals surface area contributed by atoms with Crippen LogP contribution in [0.1, 0.15) is 126 Å². The molecule has 3 fully saturated rings. The maximum absolute atomic E-state index is 14.9. The molecule has 0 spiro atoms. The second kappa shape index (κ2) is 27.8. The number of aliphatic hydroxyl groups excluding tert-OH is 2. The average Bonchev–Trinajstić information content (AvgIpc) is 4.06. The van der Waals surface area contributed by atoms with Crippen LogP contribution in [0.3, 0.4) is 0 Å². The minimum absolute atomic E-state index is 0.0924. The summed E-state index contributed by atoms with van der Waals surface area (Å²) in [5, 5.41) is 30.2. The highest BCUT2D eigenvalue weighted by molar-refractivity contribution is 5.97. The highest BCUT2D eigenvalue weighted by Gasteiger charge is 2.45. The Balaban J connectivity index is 1.87. The summed E-state index contributed by atoms with van der Waals surface area (Å²) in [5.74, 6) is -7.61. The van der Waals surface area contributed by atoms with Crippen molar-refractivity contribution < 1.29 is 67.6 Å². The molecule has 0 saturated carbocycles. The highest BCUT2D eigenvalue weighted by atomic mass is 16.6. The lowest BCUT2D eigenvalue weighted by atomic mass is 9.92. The van der Waals surface area contributed by atoms with Crippen LogP contribution >= 0.6 is 0 Å². The van der Waals surface area contributed by atoms with Gasteiger partial charge < -0.3 is 60.0 Å². The van der Waals surface area contributed by atoms with Gasteiger partial charge in [-0.3, -0.25) is 38.4 Å². The second-order valence-electron chi connectivity index (χ2n) is 21.8. The van der Waals surface area contributed by atoms with E-state index in [1.54, 1.807) is 52.0 Å². The Kier molecular flexibility index (Phi) is 22.9. The number of amides is 7. The highest BCUT2D eigenvalue weighted by Crippen LogP contribution is 2.27. The van der Waals surface area contributed by atoms with Crippen LogP contribution < -0.4 is 20.7 Å². The normalized spacial score (nSPS) is 27.2. The molecule has 12 atom stereocenters. The standard InChI is InChI=1S/C54H85N7O14/c1-14-32(8)44-42(63)28-43(64)75-46(31(6)7)49(67)55-37(25-29(2)3)51(69)61-24-16-18-39(61)53(71)59(12)41(27-35-19-21-36(73-13)22-20-35)54(72)74-34(10)45(48(66)56-44)57-47(65)40(26-30(4)5)58(11)52(70)38-17-15-23-60(38)50(68)33(9)62/h19-22,29-34,37-42,44-46,62-63H,14-18,23-28H2,1-13H3,(H,55,67)(H,56,66)(H,57,65)/t32-,33?,34+,37-,38?,39-,40+,41-,42-,44+,45-,46-/m0/s1. The summed E-state index contributed by atoms with van der Waals surface area (Å²) in [7, 11) is 4.34. The van der Waals surface area contributed by atoms with Crippen molar-refractivity contribution in [1.29, 1.82) is 0 Å². The summed E-state index contributed by atoms with van der Waals surface area (Å²) in [4.78, 5) is 134. The number of cyclic esters (lactones) is 2. The number of nitrogens with one attached hydrogen (secondary N) is 3. The van der Waals surface area contributed by atoms with Crippen LogP contribution in [-0.4, -0.2) is 184 Å². The summed E-state index contributed by atoms with van der Waals surface area (Å²) in [5.41, 5.74) is 0.597. The predicted molar refractivity (Wildman–Crippen MR) is 276 cm³/mol. The van der Waals surface area contributed by atoms with Gasteiger partial charge in [0.25, 0.3) is 11.8 Å². The zero-order valence-electron chi connectivity index (χ0n) is 46.3. The minimum Gasteiger partial charge on any atom is -0.497 e. The average molecular weight is 1060 g/mol. The molecule has 7 amide bonds. The van der Waals surface area contributed by atoms with Gasteiger partial charge in [0.1, 0.15) is 54.2 Å².